The van der Waals surface area contributed by atoms with Crippen LogP contribution < -0.4 is 5.73 Å². The highest BCUT2D eigenvalue weighted by molar-refractivity contribution is 7.89. The molecule has 0 aromatic carbocycles. The summed E-state index contributed by atoms with van der Waals surface area (Å²) in [5.74, 6) is 0.951. The zero-order chi connectivity index (χ0) is 15.8. The van der Waals surface area contributed by atoms with E-state index in [4.69, 9.17) is 5.73 Å². The fraction of sp³-hybridized carbons (Fsp3) is 0.786. The second kappa shape index (κ2) is 6.06. The van der Waals surface area contributed by atoms with Crippen molar-refractivity contribution in [3.8, 4) is 0 Å². The zero-order valence-corrected chi connectivity index (χ0v) is 14.2. The SMILES string of the molecule is Cc1nn(CCN)c(C)c1S(=O)(=O)N1CCC(C)C(C)C1. The molecule has 2 heterocycles. The second-order valence-electron chi connectivity index (χ2n) is 6.12. The fourth-order valence-electron chi connectivity index (χ4n) is 2.97. The Kier molecular flexibility index (Phi) is 4.75. The first-order valence-corrected chi connectivity index (χ1v) is 8.97. The molecular formula is C14H26N4O2S. The molecule has 0 aliphatic carbocycles. The third kappa shape index (κ3) is 3.00. The van der Waals surface area contributed by atoms with Gasteiger partial charge in [0.1, 0.15) is 4.90 Å². The highest BCUT2D eigenvalue weighted by atomic mass is 32.2. The van der Waals surface area contributed by atoms with Gasteiger partial charge in [-0.2, -0.15) is 9.40 Å². The lowest BCUT2D eigenvalue weighted by Gasteiger charge is -2.34. The van der Waals surface area contributed by atoms with Crippen LogP contribution in [0.15, 0.2) is 4.90 Å². The minimum atomic E-state index is -3.47. The summed E-state index contributed by atoms with van der Waals surface area (Å²) in [5.41, 5.74) is 6.80. The van der Waals surface area contributed by atoms with Crippen LogP contribution in [0.1, 0.15) is 31.7 Å². The Labute approximate surface area is 127 Å². The van der Waals surface area contributed by atoms with E-state index >= 15 is 0 Å². The van der Waals surface area contributed by atoms with Gasteiger partial charge in [0.25, 0.3) is 0 Å². The number of sulfonamides is 1. The minimum Gasteiger partial charge on any atom is -0.329 e. The summed E-state index contributed by atoms with van der Waals surface area (Å²) in [6, 6.07) is 0. The lowest BCUT2D eigenvalue weighted by molar-refractivity contribution is 0.212. The molecule has 21 heavy (non-hydrogen) atoms. The van der Waals surface area contributed by atoms with Gasteiger partial charge < -0.3 is 5.73 Å². The molecule has 0 spiro atoms. The molecule has 7 heteroatoms. The summed E-state index contributed by atoms with van der Waals surface area (Å²) >= 11 is 0. The van der Waals surface area contributed by atoms with Crippen molar-refractivity contribution < 1.29 is 8.42 Å². The molecule has 2 N–H and O–H groups in total. The van der Waals surface area contributed by atoms with Crippen LogP contribution in [0, 0.1) is 25.7 Å². The van der Waals surface area contributed by atoms with Crippen LogP contribution in [0.4, 0.5) is 0 Å². The average molecular weight is 314 g/mol. The lowest BCUT2D eigenvalue weighted by atomic mass is 9.90. The van der Waals surface area contributed by atoms with E-state index in [1.165, 1.54) is 0 Å². The number of hydrogen-bond acceptors (Lipinski definition) is 4. The molecule has 1 saturated heterocycles. The third-order valence-electron chi connectivity index (χ3n) is 4.55. The van der Waals surface area contributed by atoms with E-state index in [-0.39, 0.29) is 0 Å². The molecule has 2 atom stereocenters. The Hall–Kier alpha value is -0.920. The van der Waals surface area contributed by atoms with E-state index in [1.807, 2.05) is 0 Å². The molecule has 1 fully saturated rings. The highest BCUT2D eigenvalue weighted by Gasteiger charge is 2.35. The molecule has 0 saturated carbocycles. The molecule has 1 aromatic heterocycles. The molecule has 2 unspecified atom stereocenters. The molecule has 1 aromatic rings. The molecule has 6 nitrogen and oxygen atoms in total. The average Bonchev–Trinajstić information content (AvgIpc) is 2.68. The first-order chi connectivity index (χ1) is 9.78. The van der Waals surface area contributed by atoms with E-state index < -0.39 is 10.0 Å². The number of aryl methyl sites for hydroxylation is 1. The van der Waals surface area contributed by atoms with Gasteiger partial charge in [0.05, 0.1) is 17.9 Å². The van der Waals surface area contributed by atoms with Gasteiger partial charge in [0, 0.05) is 19.6 Å². The van der Waals surface area contributed by atoms with Crippen LogP contribution in [0.3, 0.4) is 0 Å². The Bertz CT molecular complexity index is 609. The fourth-order valence-corrected chi connectivity index (χ4v) is 4.89. The number of aromatic nitrogens is 2. The summed E-state index contributed by atoms with van der Waals surface area (Å²) in [7, 11) is -3.47. The van der Waals surface area contributed by atoms with Crippen LogP contribution in [0.25, 0.3) is 0 Å². The van der Waals surface area contributed by atoms with Crippen molar-refractivity contribution in [2.24, 2.45) is 17.6 Å². The largest absolute Gasteiger partial charge is 0.329 e. The van der Waals surface area contributed by atoms with Crippen molar-refractivity contribution in [2.45, 2.75) is 45.6 Å². The number of nitrogens with zero attached hydrogens (tertiary/aromatic N) is 3. The topological polar surface area (TPSA) is 81.2 Å². The maximum absolute atomic E-state index is 12.9. The standard InChI is InChI=1S/C14H26N4O2S/c1-10-5-7-17(9-11(10)2)21(19,20)14-12(3)16-18(8-6-15)13(14)4/h10-11H,5-9,15H2,1-4H3. The van der Waals surface area contributed by atoms with Crippen molar-refractivity contribution in [1.29, 1.82) is 0 Å². The van der Waals surface area contributed by atoms with E-state index in [2.05, 4.69) is 18.9 Å². The van der Waals surface area contributed by atoms with Crippen LogP contribution >= 0.6 is 0 Å². The summed E-state index contributed by atoms with van der Waals surface area (Å²) in [5, 5.41) is 4.33. The predicted molar refractivity (Wildman–Crippen MR) is 82.5 cm³/mol. The monoisotopic (exact) mass is 314 g/mol. The Morgan fingerprint density at radius 1 is 1.29 bits per heavy atom. The number of hydrogen-bond donors (Lipinski definition) is 1. The van der Waals surface area contributed by atoms with Gasteiger partial charge in [-0.25, -0.2) is 8.42 Å². The number of piperidine rings is 1. The van der Waals surface area contributed by atoms with Gasteiger partial charge in [0.15, 0.2) is 0 Å². The lowest BCUT2D eigenvalue weighted by Crippen LogP contribution is -2.42. The quantitative estimate of drug-likeness (QED) is 0.903. The van der Waals surface area contributed by atoms with Crippen molar-refractivity contribution in [2.75, 3.05) is 19.6 Å². The van der Waals surface area contributed by atoms with E-state index in [0.717, 1.165) is 6.42 Å². The van der Waals surface area contributed by atoms with Crippen molar-refractivity contribution in [3.05, 3.63) is 11.4 Å². The maximum atomic E-state index is 12.9. The smallest absolute Gasteiger partial charge is 0.246 e. The minimum absolute atomic E-state index is 0.359. The molecular weight excluding hydrogens is 288 g/mol. The van der Waals surface area contributed by atoms with E-state index in [0.29, 0.717) is 54.3 Å². The predicted octanol–water partition coefficient (Wildman–Crippen LogP) is 1.13. The van der Waals surface area contributed by atoms with Crippen LogP contribution in [-0.4, -0.2) is 42.1 Å². The molecule has 0 radical (unpaired) electrons. The molecule has 2 rings (SSSR count). The Balaban J connectivity index is 2.36. The third-order valence-corrected chi connectivity index (χ3v) is 6.67. The zero-order valence-electron chi connectivity index (χ0n) is 13.3. The Morgan fingerprint density at radius 3 is 2.52 bits per heavy atom. The maximum Gasteiger partial charge on any atom is 0.246 e. The molecule has 1 aliphatic heterocycles. The first-order valence-electron chi connectivity index (χ1n) is 7.53. The summed E-state index contributed by atoms with van der Waals surface area (Å²) in [4.78, 5) is 0.359. The van der Waals surface area contributed by atoms with E-state index in [9.17, 15) is 8.42 Å². The summed E-state index contributed by atoms with van der Waals surface area (Å²) in [6.45, 7) is 10.0. The van der Waals surface area contributed by atoms with E-state index in [1.54, 1.807) is 22.8 Å². The van der Waals surface area contributed by atoms with Crippen molar-refractivity contribution in [1.82, 2.24) is 14.1 Å². The number of nitrogens with two attached hydrogens (primary N) is 1. The number of rotatable bonds is 4. The molecule has 1 aliphatic rings. The Morgan fingerprint density at radius 2 is 1.95 bits per heavy atom. The van der Waals surface area contributed by atoms with Crippen LogP contribution in [-0.2, 0) is 16.6 Å². The highest BCUT2D eigenvalue weighted by Crippen LogP contribution is 2.29. The van der Waals surface area contributed by atoms with Crippen molar-refractivity contribution in [3.63, 3.8) is 0 Å². The van der Waals surface area contributed by atoms with Crippen molar-refractivity contribution >= 4 is 10.0 Å². The van der Waals surface area contributed by atoms with Gasteiger partial charge >= 0.3 is 0 Å². The second-order valence-corrected chi connectivity index (χ2v) is 7.99. The molecule has 0 bridgehead atoms. The van der Waals surface area contributed by atoms with Gasteiger partial charge in [0.2, 0.25) is 10.0 Å². The van der Waals surface area contributed by atoms with Gasteiger partial charge in [-0.05, 0) is 32.1 Å². The normalized spacial score (nSPS) is 24.4. The van der Waals surface area contributed by atoms with Gasteiger partial charge in [-0.15, -0.1) is 0 Å². The van der Waals surface area contributed by atoms with Crippen LogP contribution in [0.5, 0.6) is 0 Å². The van der Waals surface area contributed by atoms with Gasteiger partial charge in [-0.3, -0.25) is 4.68 Å². The van der Waals surface area contributed by atoms with Crippen LogP contribution in [0.2, 0.25) is 0 Å². The summed E-state index contributed by atoms with van der Waals surface area (Å²) < 4.78 is 29.2. The molecule has 120 valence electrons. The van der Waals surface area contributed by atoms with Gasteiger partial charge in [-0.1, -0.05) is 13.8 Å². The molecule has 0 amide bonds. The summed E-state index contributed by atoms with van der Waals surface area (Å²) in [6.07, 6.45) is 0.912. The first kappa shape index (κ1) is 16.5.